The van der Waals surface area contributed by atoms with Gasteiger partial charge in [0.05, 0.1) is 32.2 Å². The molecule has 10 heteroatoms. The fourth-order valence-electron chi connectivity index (χ4n) is 3.60. The van der Waals surface area contributed by atoms with Crippen molar-refractivity contribution in [3.63, 3.8) is 0 Å². The van der Waals surface area contributed by atoms with Gasteiger partial charge in [-0.2, -0.15) is 0 Å². The van der Waals surface area contributed by atoms with E-state index in [0.29, 0.717) is 24.6 Å². The van der Waals surface area contributed by atoms with Gasteiger partial charge >= 0.3 is 6.09 Å². The van der Waals surface area contributed by atoms with Crippen LogP contribution in [0.2, 0.25) is 0 Å². The van der Waals surface area contributed by atoms with Crippen LogP contribution in [0.3, 0.4) is 0 Å². The van der Waals surface area contributed by atoms with Gasteiger partial charge in [-0.05, 0) is 38.4 Å². The Hall–Kier alpha value is -2.69. The number of fused-ring (bicyclic) bond motifs is 1. The number of anilines is 1. The minimum atomic E-state index is -0.550. The number of hydrogen-bond donors (Lipinski definition) is 1. The highest BCUT2D eigenvalue weighted by Gasteiger charge is 2.50. The highest BCUT2D eigenvalue weighted by molar-refractivity contribution is 5.84. The second-order valence-corrected chi connectivity index (χ2v) is 7.39. The van der Waals surface area contributed by atoms with E-state index in [0.717, 1.165) is 5.69 Å². The molecular weight excluding hydrogens is 378 g/mol. The average molecular weight is 403 g/mol. The van der Waals surface area contributed by atoms with E-state index in [1.54, 1.807) is 36.1 Å². The molecule has 1 N–H and O–H groups in total. The van der Waals surface area contributed by atoms with E-state index in [2.05, 4.69) is 15.6 Å². The zero-order chi connectivity index (χ0) is 20.4. The molecule has 2 aliphatic rings. The van der Waals surface area contributed by atoms with Gasteiger partial charge in [0.25, 0.3) is 0 Å². The lowest BCUT2D eigenvalue weighted by Crippen LogP contribution is -2.34. The zero-order valence-electron chi connectivity index (χ0n) is 16.6. The number of aromatic nitrogens is 3. The van der Waals surface area contributed by atoms with Crippen molar-refractivity contribution in [2.45, 2.75) is 30.9 Å². The molecule has 3 heterocycles. The van der Waals surface area contributed by atoms with Gasteiger partial charge in [-0.1, -0.05) is 5.21 Å². The van der Waals surface area contributed by atoms with Crippen molar-refractivity contribution < 1.29 is 23.7 Å². The third-order valence-electron chi connectivity index (χ3n) is 4.95. The normalized spacial score (nSPS) is 25.8. The molecule has 2 aromatic rings. The maximum absolute atomic E-state index is 12.3. The molecule has 4 rings (SSSR count). The number of hydrogen-bond acceptors (Lipinski definition) is 8. The molecule has 10 nitrogen and oxygen atoms in total. The average Bonchev–Trinajstić information content (AvgIpc) is 3.40. The number of nitrogens with one attached hydrogen (secondary N) is 1. The molecule has 2 saturated heterocycles. The highest BCUT2D eigenvalue weighted by atomic mass is 16.6. The van der Waals surface area contributed by atoms with Crippen LogP contribution in [0.15, 0.2) is 30.5 Å². The molecule has 2 aliphatic heterocycles. The minimum absolute atomic E-state index is 0.0957. The van der Waals surface area contributed by atoms with E-state index in [1.807, 2.05) is 25.2 Å². The first-order valence-electron chi connectivity index (χ1n) is 9.44. The fourth-order valence-corrected chi connectivity index (χ4v) is 3.60. The van der Waals surface area contributed by atoms with Crippen LogP contribution >= 0.6 is 0 Å². The van der Waals surface area contributed by atoms with Gasteiger partial charge in [-0.15, -0.1) is 5.10 Å². The van der Waals surface area contributed by atoms with E-state index >= 15 is 0 Å². The van der Waals surface area contributed by atoms with Crippen LogP contribution in [0.1, 0.15) is 11.7 Å². The monoisotopic (exact) mass is 403 g/mol. The summed E-state index contributed by atoms with van der Waals surface area (Å²) in [4.78, 5) is 14.3. The number of ether oxygens (including phenoxy) is 4. The quantitative estimate of drug-likeness (QED) is 0.771. The van der Waals surface area contributed by atoms with Crippen LogP contribution in [-0.4, -0.2) is 78.7 Å². The SMILES string of the molecule is COc1ccc(NC(=O)O[C@@H]2CO[C@H]3[C@@H]2OC[C@@H]3n2cc(CN(C)C)nn2)cc1. The molecular formula is C19H25N5O5. The van der Waals surface area contributed by atoms with Crippen LogP contribution in [0.5, 0.6) is 5.75 Å². The highest BCUT2D eigenvalue weighted by Crippen LogP contribution is 2.35. The first kappa shape index (κ1) is 19.6. The van der Waals surface area contributed by atoms with Crippen molar-refractivity contribution in [1.82, 2.24) is 19.9 Å². The van der Waals surface area contributed by atoms with Gasteiger partial charge in [0.1, 0.15) is 24.0 Å². The standard InChI is InChI=1S/C19H25N5O5/c1-23(2)8-13-9-24(22-21-13)15-10-27-18-16(11-28-17(15)18)29-19(25)20-12-4-6-14(26-3)7-5-12/h4-7,9,15-18H,8,10-11H2,1-3H3,(H,20,25)/t15-,16+,17+,18+/m0/s1. The molecule has 1 aromatic carbocycles. The first-order valence-corrected chi connectivity index (χ1v) is 9.44. The van der Waals surface area contributed by atoms with E-state index in [-0.39, 0.29) is 24.9 Å². The maximum atomic E-state index is 12.3. The van der Waals surface area contributed by atoms with Gasteiger partial charge in [0, 0.05) is 12.2 Å². The summed E-state index contributed by atoms with van der Waals surface area (Å²) in [5, 5.41) is 11.1. The molecule has 0 saturated carbocycles. The Labute approximate surface area is 168 Å². The van der Waals surface area contributed by atoms with Crippen molar-refractivity contribution in [2.24, 2.45) is 0 Å². The molecule has 4 atom stereocenters. The van der Waals surface area contributed by atoms with Crippen LogP contribution in [-0.2, 0) is 20.8 Å². The maximum Gasteiger partial charge on any atom is 0.412 e. The van der Waals surface area contributed by atoms with Crippen molar-refractivity contribution in [1.29, 1.82) is 0 Å². The van der Waals surface area contributed by atoms with Gasteiger partial charge < -0.3 is 23.8 Å². The third kappa shape index (κ3) is 4.34. The van der Waals surface area contributed by atoms with Gasteiger partial charge in [-0.25, -0.2) is 9.48 Å². The molecule has 1 amide bonds. The summed E-state index contributed by atoms with van der Waals surface area (Å²) in [6, 6.07) is 6.91. The summed E-state index contributed by atoms with van der Waals surface area (Å²) in [6.45, 7) is 1.42. The summed E-state index contributed by atoms with van der Waals surface area (Å²) in [7, 11) is 5.55. The smallest absolute Gasteiger partial charge is 0.412 e. The Bertz CT molecular complexity index is 840. The summed E-state index contributed by atoms with van der Waals surface area (Å²) < 4.78 is 24.2. The van der Waals surface area contributed by atoms with E-state index in [4.69, 9.17) is 18.9 Å². The lowest BCUT2D eigenvalue weighted by atomic mass is 10.1. The Morgan fingerprint density at radius 2 is 2.00 bits per heavy atom. The topological polar surface area (TPSA) is 100.0 Å². The van der Waals surface area contributed by atoms with Crippen molar-refractivity contribution >= 4 is 11.8 Å². The summed E-state index contributed by atoms with van der Waals surface area (Å²) in [5.74, 6) is 0.711. The summed E-state index contributed by atoms with van der Waals surface area (Å²) in [6.07, 6.45) is 0.314. The third-order valence-corrected chi connectivity index (χ3v) is 4.95. The predicted octanol–water partition coefficient (Wildman–Crippen LogP) is 1.30. The zero-order valence-corrected chi connectivity index (χ0v) is 16.6. The molecule has 0 unspecified atom stereocenters. The van der Waals surface area contributed by atoms with Crippen LogP contribution in [0.25, 0.3) is 0 Å². The summed E-state index contributed by atoms with van der Waals surface area (Å²) >= 11 is 0. The first-order chi connectivity index (χ1) is 14.0. The molecule has 0 aliphatic carbocycles. The molecule has 156 valence electrons. The number of rotatable bonds is 6. The van der Waals surface area contributed by atoms with Crippen LogP contribution in [0.4, 0.5) is 10.5 Å². The van der Waals surface area contributed by atoms with Crippen molar-refractivity contribution in [3.05, 3.63) is 36.2 Å². The minimum Gasteiger partial charge on any atom is -0.497 e. The number of carbonyl (C=O) groups is 1. The van der Waals surface area contributed by atoms with E-state index in [9.17, 15) is 4.79 Å². The fraction of sp³-hybridized carbons (Fsp3) is 0.526. The van der Waals surface area contributed by atoms with Crippen molar-refractivity contribution in [3.8, 4) is 5.75 Å². The Morgan fingerprint density at radius 3 is 2.72 bits per heavy atom. The Morgan fingerprint density at radius 1 is 1.24 bits per heavy atom. The summed E-state index contributed by atoms with van der Waals surface area (Å²) in [5.41, 5.74) is 1.50. The van der Waals surface area contributed by atoms with Crippen molar-refractivity contribution in [2.75, 3.05) is 39.7 Å². The van der Waals surface area contributed by atoms with E-state index in [1.165, 1.54) is 0 Å². The number of nitrogens with zero attached hydrogens (tertiary/aromatic N) is 4. The molecule has 0 spiro atoms. The predicted molar refractivity (Wildman–Crippen MR) is 103 cm³/mol. The van der Waals surface area contributed by atoms with E-state index < -0.39 is 12.2 Å². The molecule has 0 radical (unpaired) electrons. The van der Waals surface area contributed by atoms with Gasteiger partial charge in [0.15, 0.2) is 6.10 Å². The lowest BCUT2D eigenvalue weighted by molar-refractivity contribution is 0.00770. The second kappa shape index (κ2) is 8.36. The molecule has 29 heavy (non-hydrogen) atoms. The number of methoxy groups -OCH3 is 1. The van der Waals surface area contributed by atoms with Gasteiger partial charge in [0.2, 0.25) is 0 Å². The molecule has 1 aromatic heterocycles. The number of amides is 1. The Balaban J connectivity index is 1.33. The number of carbonyl (C=O) groups excluding carboxylic acids is 1. The molecule has 2 fully saturated rings. The largest absolute Gasteiger partial charge is 0.497 e. The second-order valence-electron chi connectivity index (χ2n) is 7.39. The lowest BCUT2D eigenvalue weighted by Gasteiger charge is -2.17. The van der Waals surface area contributed by atoms with Crippen LogP contribution in [0, 0.1) is 0 Å². The van der Waals surface area contributed by atoms with Crippen LogP contribution < -0.4 is 10.1 Å². The van der Waals surface area contributed by atoms with Gasteiger partial charge in [-0.3, -0.25) is 5.32 Å². The number of benzene rings is 1. The molecule has 0 bridgehead atoms. The Kier molecular flexibility index (Phi) is 5.65.